The first kappa shape index (κ1) is 24.6. The van der Waals surface area contributed by atoms with Crippen LogP contribution in [-0.2, 0) is 21.6 Å². The fraction of sp³-hybridized carbons (Fsp3) is 0.348. The number of aromatic nitrogens is 3. The molecule has 0 fully saturated rings. The van der Waals surface area contributed by atoms with E-state index in [1.165, 1.54) is 7.11 Å². The molecule has 3 aromatic rings. The fourth-order valence-corrected chi connectivity index (χ4v) is 4.14. The molecule has 2 aromatic carbocycles. The van der Waals surface area contributed by atoms with Gasteiger partial charge in [-0.2, -0.15) is 22.0 Å². The van der Waals surface area contributed by atoms with Gasteiger partial charge in [-0.15, -0.1) is 10.2 Å². The highest BCUT2D eigenvalue weighted by Crippen LogP contribution is 2.45. The van der Waals surface area contributed by atoms with Crippen LogP contribution < -0.4 is 4.74 Å². The summed E-state index contributed by atoms with van der Waals surface area (Å²) in [4.78, 5) is 11.6. The van der Waals surface area contributed by atoms with Gasteiger partial charge < -0.3 is 14.6 Å². The zero-order chi connectivity index (χ0) is 25.7. The number of benzene rings is 2. The normalized spacial score (nSPS) is 17.9. The molecule has 186 valence electrons. The third-order valence-corrected chi connectivity index (χ3v) is 5.74. The van der Waals surface area contributed by atoms with Gasteiger partial charge in [0, 0.05) is 12.5 Å². The Morgan fingerprint density at radius 3 is 2.46 bits per heavy atom. The van der Waals surface area contributed by atoms with Crippen molar-refractivity contribution < 1.29 is 41.3 Å². The Labute approximate surface area is 196 Å². The summed E-state index contributed by atoms with van der Waals surface area (Å²) in [7, 11) is 1.42. The minimum atomic E-state index is -4.73. The molecule has 0 spiro atoms. The van der Waals surface area contributed by atoms with E-state index in [1.54, 1.807) is 25.1 Å². The number of ether oxygens (including phenoxy) is 2. The topological polar surface area (TPSA) is 86.5 Å². The molecule has 0 radical (unpaired) electrons. The van der Waals surface area contributed by atoms with Gasteiger partial charge >= 0.3 is 18.1 Å². The second kappa shape index (κ2) is 8.59. The van der Waals surface area contributed by atoms with E-state index in [-0.39, 0.29) is 17.1 Å². The van der Waals surface area contributed by atoms with E-state index < -0.39 is 48.1 Å². The van der Waals surface area contributed by atoms with Crippen molar-refractivity contribution in [2.24, 2.45) is 0 Å². The maximum atomic E-state index is 14.5. The van der Waals surface area contributed by atoms with E-state index in [4.69, 9.17) is 9.47 Å². The number of rotatable bonds is 5. The number of carbonyl (C=O) groups is 1. The van der Waals surface area contributed by atoms with E-state index in [1.807, 2.05) is 0 Å². The van der Waals surface area contributed by atoms with Gasteiger partial charge in [0.05, 0.1) is 24.8 Å². The second-order valence-electron chi connectivity index (χ2n) is 8.15. The number of alkyl halides is 5. The van der Waals surface area contributed by atoms with Gasteiger partial charge in [0.1, 0.15) is 18.0 Å². The molecule has 2 heterocycles. The van der Waals surface area contributed by atoms with Crippen molar-refractivity contribution in [1.29, 1.82) is 0 Å². The van der Waals surface area contributed by atoms with E-state index >= 15 is 0 Å². The SMILES string of the molecule is COc1cccc(C2O[C@@H](CC(=O)O)c3nnc(C(C)(F)F)n3-c3ccc(C(F)(F)F)cc32)c1C. The molecule has 0 amide bonds. The van der Waals surface area contributed by atoms with Gasteiger partial charge in [-0.05, 0) is 42.3 Å². The number of aliphatic carboxylic acids is 1. The Morgan fingerprint density at radius 2 is 1.86 bits per heavy atom. The van der Waals surface area contributed by atoms with Crippen LogP contribution >= 0.6 is 0 Å². The summed E-state index contributed by atoms with van der Waals surface area (Å²) >= 11 is 0. The van der Waals surface area contributed by atoms with Gasteiger partial charge in [-0.1, -0.05) is 12.1 Å². The standard InChI is InChI=1S/C23H20F5N3O4/c1-11-13(5-4-6-16(11)34-3)19-14-9-12(23(26,27)28)7-8-15(14)31-20(17(35-19)10-18(32)33)29-30-21(31)22(2,24)25/h4-9,17,19H,10H2,1-3H3,(H,32,33)/t17-,19?/m0/s1. The van der Waals surface area contributed by atoms with Crippen LogP contribution in [0.15, 0.2) is 36.4 Å². The molecule has 4 rings (SSSR count). The lowest BCUT2D eigenvalue weighted by Gasteiger charge is -2.25. The van der Waals surface area contributed by atoms with Crippen LogP contribution in [0, 0.1) is 6.92 Å². The zero-order valence-electron chi connectivity index (χ0n) is 18.7. The number of carboxylic acids is 1. The predicted octanol–water partition coefficient (Wildman–Crippen LogP) is 5.35. The predicted molar refractivity (Wildman–Crippen MR) is 112 cm³/mol. The van der Waals surface area contributed by atoms with Crippen molar-refractivity contribution in [3.63, 3.8) is 0 Å². The van der Waals surface area contributed by atoms with Crippen LogP contribution in [0.2, 0.25) is 0 Å². The highest BCUT2D eigenvalue weighted by molar-refractivity contribution is 5.67. The summed E-state index contributed by atoms with van der Waals surface area (Å²) in [5.41, 5.74) is -0.299. The van der Waals surface area contributed by atoms with Crippen LogP contribution in [-0.4, -0.2) is 33.0 Å². The van der Waals surface area contributed by atoms with Gasteiger partial charge in [-0.25, -0.2) is 0 Å². The van der Waals surface area contributed by atoms with E-state index in [0.717, 1.165) is 22.8 Å². The Kier molecular flexibility index (Phi) is 6.04. The molecule has 0 aliphatic carbocycles. The van der Waals surface area contributed by atoms with Gasteiger partial charge in [0.2, 0.25) is 5.82 Å². The molecule has 1 N–H and O–H groups in total. The van der Waals surface area contributed by atoms with Crippen LogP contribution in [0.4, 0.5) is 22.0 Å². The van der Waals surface area contributed by atoms with E-state index in [9.17, 15) is 31.9 Å². The third-order valence-electron chi connectivity index (χ3n) is 5.74. The minimum absolute atomic E-state index is 0.0744. The van der Waals surface area contributed by atoms with Crippen LogP contribution in [0.5, 0.6) is 5.75 Å². The molecule has 7 nitrogen and oxygen atoms in total. The Balaban J connectivity index is 2.07. The highest BCUT2D eigenvalue weighted by Gasteiger charge is 2.42. The third kappa shape index (κ3) is 4.45. The molecule has 1 aliphatic heterocycles. The number of hydrogen-bond acceptors (Lipinski definition) is 5. The minimum Gasteiger partial charge on any atom is -0.496 e. The Hall–Kier alpha value is -3.54. The number of fused-ring (bicyclic) bond motifs is 3. The summed E-state index contributed by atoms with van der Waals surface area (Å²) in [6, 6.07) is 7.43. The van der Waals surface area contributed by atoms with Crippen molar-refractivity contribution in [2.45, 2.75) is 44.6 Å². The average molecular weight is 497 g/mol. The molecule has 0 saturated heterocycles. The lowest BCUT2D eigenvalue weighted by molar-refractivity contribution is -0.141. The van der Waals surface area contributed by atoms with Gasteiger partial charge in [-0.3, -0.25) is 9.36 Å². The molecule has 1 aliphatic rings. The maximum Gasteiger partial charge on any atom is 0.416 e. The largest absolute Gasteiger partial charge is 0.496 e. The molecule has 0 bridgehead atoms. The average Bonchev–Trinajstić information content (AvgIpc) is 3.17. The molecule has 12 heteroatoms. The Morgan fingerprint density at radius 1 is 1.14 bits per heavy atom. The zero-order valence-corrected chi connectivity index (χ0v) is 18.7. The molecule has 1 unspecified atom stereocenters. The first-order chi connectivity index (χ1) is 16.3. The quantitative estimate of drug-likeness (QED) is 0.479. The Bertz CT molecular complexity index is 1280. The molecule has 2 atom stereocenters. The monoisotopic (exact) mass is 497 g/mol. The summed E-state index contributed by atoms with van der Waals surface area (Å²) in [6.45, 7) is 2.23. The van der Waals surface area contributed by atoms with Crippen LogP contribution in [0.3, 0.4) is 0 Å². The van der Waals surface area contributed by atoms with Crippen molar-refractivity contribution >= 4 is 5.97 Å². The number of carboxylic acid groups (broad SMARTS) is 1. The molecule has 1 aromatic heterocycles. The number of hydrogen-bond donors (Lipinski definition) is 1. The summed E-state index contributed by atoms with van der Waals surface area (Å²) in [5, 5.41) is 16.8. The highest BCUT2D eigenvalue weighted by atomic mass is 19.4. The first-order valence-electron chi connectivity index (χ1n) is 10.4. The number of methoxy groups -OCH3 is 1. The summed E-state index contributed by atoms with van der Waals surface area (Å²) in [6.07, 6.45) is -8.07. The van der Waals surface area contributed by atoms with Crippen molar-refractivity contribution in [2.75, 3.05) is 7.11 Å². The van der Waals surface area contributed by atoms with E-state index in [2.05, 4.69) is 10.2 Å². The summed E-state index contributed by atoms with van der Waals surface area (Å²) < 4.78 is 82.2. The summed E-state index contributed by atoms with van der Waals surface area (Å²) in [5.74, 6) is -5.55. The fourth-order valence-electron chi connectivity index (χ4n) is 4.14. The second-order valence-corrected chi connectivity index (χ2v) is 8.15. The molecule has 0 saturated carbocycles. The van der Waals surface area contributed by atoms with Crippen molar-refractivity contribution in [3.05, 3.63) is 70.3 Å². The van der Waals surface area contributed by atoms with Gasteiger partial charge in [0.15, 0.2) is 5.82 Å². The number of nitrogens with zero attached hydrogens (tertiary/aromatic N) is 3. The van der Waals surface area contributed by atoms with Gasteiger partial charge in [0.25, 0.3) is 0 Å². The smallest absolute Gasteiger partial charge is 0.416 e. The molecule has 35 heavy (non-hydrogen) atoms. The van der Waals surface area contributed by atoms with E-state index in [0.29, 0.717) is 23.8 Å². The first-order valence-corrected chi connectivity index (χ1v) is 10.4. The van der Waals surface area contributed by atoms with Crippen molar-refractivity contribution in [3.8, 4) is 11.4 Å². The molecular weight excluding hydrogens is 477 g/mol. The number of halogens is 5. The molecular formula is C23H20F5N3O4. The van der Waals surface area contributed by atoms with Crippen LogP contribution in [0.1, 0.15) is 59.5 Å². The lowest BCUT2D eigenvalue weighted by Crippen LogP contribution is -2.18. The lowest BCUT2D eigenvalue weighted by atomic mass is 9.94. The van der Waals surface area contributed by atoms with Crippen molar-refractivity contribution in [1.82, 2.24) is 14.8 Å². The maximum absolute atomic E-state index is 14.5. The van der Waals surface area contributed by atoms with Crippen LogP contribution in [0.25, 0.3) is 5.69 Å².